The lowest BCUT2D eigenvalue weighted by Crippen LogP contribution is -2.22. The minimum atomic E-state index is -3.98. The number of rotatable bonds is 8. The van der Waals surface area contributed by atoms with Gasteiger partial charge in [0.2, 0.25) is 0 Å². The van der Waals surface area contributed by atoms with Crippen molar-refractivity contribution in [2.45, 2.75) is 11.8 Å². The van der Waals surface area contributed by atoms with Gasteiger partial charge in [0.15, 0.2) is 5.65 Å². The second-order valence-corrected chi connectivity index (χ2v) is 12.5. The van der Waals surface area contributed by atoms with E-state index in [1.54, 1.807) is 76.3 Å². The lowest BCUT2D eigenvalue weighted by Gasteiger charge is -2.17. The van der Waals surface area contributed by atoms with Gasteiger partial charge in [0.1, 0.15) is 12.1 Å². The molecule has 0 aliphatic heterocycles. The Bertz CT molecular complexity index is 2140. The molecule has 0 spiro atoms. The molecule has 3 heterocycles. The fourth-order valence-corrected chi connectivity index (χ4v) is 6.42. The predicted octanol–water partition coefficient (Wildman–Crippen LogP) is 6.16. The van der Waals surface area contributed by atoms with Crippen LogP contribution in [0, 0.1) is 6.92 Å². The number of amides is 1. The number of aromatic nitrogens is 4. The van der Waals surface area contributed by atoms with E-state index in [0.717, 1.165) is 16.7 Å². The third-order valence-corrected chi connectivity index (χ3v) is 9.08. The Balaban J connectivity index is 1.54. The van der Waals surface area contributed by atoms with Crippen molar-refractivity contribution in [1.82, 2.24) is 23.8 Å². The molecule has 1 N–H and O–H groups in total. The van der Waals surface area contributed by atoms with Crippen molar-refractivity contribution in [3.8, 4) is 28.0 Å². The summed E-state index contributed by atoms with van der Waals surface area (Å²) in [7, 11) is 0.968. The monoisotopic (exact) mass is 618 g/mol. The molecule has 0 unspecified atom stereocenters. The summed E-state index contributed by atoms with van der Waals surface area (Å²) in [5.74, 6) is 0.393. The van der Waals surface area contributed by atoms with E-state index in [2.05, 4.69) is 20.3 Å². The van der Waals surface area contributed by atoms with E-state index >= 15 is 0 Å². The molecule has 0 aliphatic carbocycles. The van der Waals surface area contributed by atoms with E-state index in [4.69, 9.17) is 4.74 Å². The normalized spacial score (nSPS) is 11.4. The van der Waals surface area contributed by atoms with Crippen LogP contribution in [0.2, 0.25) is 0 Å². The van der Waals surface area contributed by atoms with Crippen molar-refractivity contribution in [1.29, 1.82) is 0 Å². The Morgan fingerprint density at radius 2 is 1.62 bits per heavy atom. The number of hydrogen-bond donors (Lipinski definition) is 1. The van der Waals surface area contributed by atoms with Crippen molar-refractivity contribution < 1.29 is 17.9 Å². The molecule has 0 fully saturated rings. The Hall–Kier alpha value is -5.55. The first kappa shape index (κ1) is 29.5. The molecule has 11 heteroatoms. The fourth-order valence-electron chi connectivity index (χ4n) is 5.10. The standard InChI is InChI=1S/C34H30N6O4S/c1-22-9-12-26(13-10-22)45(42,43)40-20-30(27-7-5-6-8-32(27)44-4)28-16-24(17-37-33(28)40)23-11-14-31(29(15-23)34(41)39(2)3)38-25-18-35-21-36-19-25/h5-21,38H,1-4H3. The molecular weight excluding hydrogens is 588 g/mol. The third-order valence-electron chi connectivity index (χ3n) is 7.42. The van der Waals surface area contributed by atoms with Gasteiger partial charge in [0, 0.05) is 48.6 Å². The molecule has 0 bridgehead atoms. The van der Waals surface area contributed by atoms with E-state index < -0.39 is 10.0 Å². The predicted molar refractivity (Wildman–Crippen MR) is 174 cm³/mol. The van der Waals surface area contributed by atoms with E-state index in [1.165, 1.54) is 15.2 Å². The van der Waals surface area contributed by atoms with Crippen LogP contribution in [0.3, 0.4) is 0 Å². The van der Waals surface area contributed by atoms with Gasteiger partial charge in [-0.2, -0.15) is 0 Å². The molecule has 0 atom stereocenters. The zero-order chi connectivity index (χ0) is 31.7. The molecular formula is C34H30N6O4S. The average molecular weight is 619 g/mol. The van der Waals surface area contributed by atoms with Crippen molar-refractivity contribution in [3.63, 3.8) is 0 Å². The largest absolute Gasteiger partial charge is 0.496 e. The van der Waals surface area contributed by atoms with Crippen LogP contribution in [0.5, 0.6) is 5.75 Å². The zero-order valence-corrected chi connectivity index (χ0v) is 25.9. The summed E-state index contributed by atoms with van der Waals surface area (Å²) in [5.41, 5.74) is 5.67. The second-order valence-electron chi connectivity index (χ2n) is 10.7. The number of ether oxygens (including phenoxy) is 1. The zero-order valence-electron chi connectivity index (χ0n) is 25.1. The maximum Gasteiger partial charge on any atom is 0.269 e. The first-order valence-corrected chi connectivity index (χ1v) is 15.5. The van der Waals surface area contributed by atoms with Crippen LogP contribution < -0.4 is 10.1 Å². The van der Waals surface area contributed by atoms with Gasteiger partial charge in [-0.15, -0.1) is 0 Å². The van der Waals surface area contributed by atoms with E-state index in [1.807, 2.05) is 49.4 Å². The third kappa shape index (κ3) is 5.61. The van der Waals surface area contributed by atoms with Crippen LogP contribution in [0.1, 0.15) is 15.9 Å². The molecule has 0 radical (unpaired) electrons. The Morgan fingerprint density at radius 1 is 0.889 bits per heavy atom. The van der Waals surface area contributed by atoms with Crippen LogP contribution in [0.15, 0.2) is 109 Å². The number of nitrogens with one attached hydrogen (secondary N) is 1. The van der Waals surface area contributed by atoms with Crippen molar-refractivity contribution >= 4 is 38.3 Å². The number of hydrogen-bond acceptors (Lipinski definition) is 8. The van der Waals surface area contributed by atoms with Crippen LogP contribution in [-0.2, 0) is 10.0 Å². The highest BCUT2D eigenvalue weighted by Crippen LogP contribution is 2.39. The Morgan fingerprint density at radius 3 is 2.33 bits per heavy atom. The molecule has 3 aromatic heterocycles. The number of carbonyl (C=O) groups excluding carboxylic acids is 1. The van der Waals surface area contributed by atoms with Gasteiger partial charge in [-0.1, -0.05) is 42.0 Å². The molecule has 226 valence electrons. The van der Waals surface area contributed by atoms with Crippen LogP contribution in [-0.4, -0.2) is 59.4 Å². The SMILES string of the molecule is COc1ccccc1-c1cn(S(=O)(=O)c2ccc(C)cc2)c2ncc(-c3ccc(Nc4cncnc4)c(C(=O)N(C)C)c3)cc12. The summed E-state index contributed by atoms with van der Waals surface area (Å²) in [6.07, 6.45) is 7.88. The lowest BCUT2D eigenvalue weighted by molar-refractivity contribution is 0.0828. The first-order chi connectivity index (χ1) is 21.7. The highest BCUT2D eigenvalue weighted by molar-refractivity contribution is 7.90. The minimum Gasteiger partial charge on any atom is -0.496 e. The van der Waals surface area contributed by atoms with Gasteiger partial charge < -0.3 is 15.0 Å². The fraction of sp³-hybridized carbons (Fsp3) is 0.118. The summed E-state index contributed by atoms with van der Waals surface area (Å²) in [4.78, 5) is 27.7. The van der Waals surface area contributed by atoms with Gasteiger partial charge in [-0.3, -0.25) is 4.79 Å². The molecule has 45 heavy (non-hydrogen) atoms. The van der Waals surface area contributed by atoms with Gasteiger partial charge in [-0.25, -0.2) is 27.3 Å². The van der Waals surface area contributed by atoms with Crippen molar-refractivity contribution in [3.05, 3.63) is 115 Å². The summed E-state index contributed by atoms with van der Waals surface area (Å²) in [5, 5.41) is 3.83. The van der Waals surface area contributed by atoms with E-state index in [9.17, 15) is 13.2 Å². The lowest BCUT2D eigenvalue weighted by atomic mass is 9.99. The summed E-state index contributed by atoms with van der Waals surface area (Å²) in [6.45, 7) is 1.90. The highest BCUT2D eigenvalue weighted by Gasteiger charge is 2.25. The quantitative estimate of drug-likeness (QED) is 0.215. The maximum atomic E-state index is 13.9. The number of benzene rings is 3. The van der Waals surface area contributed by atoms with Gasteiger partial charge in [-0.05, 0) is 48.9 Å². The summed E-state index contributed by atoms with van der Waals surface area (Å²) in [6, 6.07) is 21.5. The minimum absolute atomic E-state index is 0.154. The summed E-state index contributed by atoms with van der Waals surface area (Å²) < 4.78 is 34.7. The molecule has 0 aliphatic rings. The van der Waals surface area contributed by atoms with Crippen molar-refractivity contribution in [2.75, 3.05) is 26.5 Å². The topological polar surface area (TPSA) is 119 Å². The number of carbonyl (C=O) groups is 1. The number of fused-ring (bicyclic) bond motifs is 1. The number of methoxy groups -OCH3 is 1. The molecule has 6 rings (SSSR count). The molecule has 0 saturated carbocycles. The number of anilines is 2. The second kappa shape index (κ2) is 11.9. The smallest absolute Gasteiger partial charge is 0.269 e. The molecule has 3 aromatic carbocycles. The molecule has 1 amide bonds. The molecule has 10 nitrogen and oxygen atoms in total. The van der Waals surface area contributed by atoms with Crippen LogP contribution >= 0.6 is 0 Å². The average Bonchev–Trinajstić information content (AvgIpc) is 3.45. The van der Waals surface area contributed by atoms with E-state index in [0.29, 0.717) is 39.2 Å². The first-order valence-electron chi connectivity index (χ1n) is 14.0. The van der Waals surface area contributed by atoms with Gasteiger partial charge in [0.05, 0.1) is 41.3 Å². The van der Waals surface area contributed by atoms with E-state index in [-0.39, 0.29) is 16.4 Å². The number of aryl methyl sites for hydroxylation is 1. The van der Waals surface area contributed by atoms with Crippen molar-refractivity contribution in [2.24, 2.45) is 0 Å². The Kier molecular flexibility index (Phi) is 7.78. The molecule has 6 aromatic rings. The Labute approximate surface area is 261 Å². The van der Waals surface area contributed by atoms with Gasteiger partial charge in [0.25, 0.3) is 15.9 Å². The highest BCUT2D eigenvalue weighted by atomic mass is 32.2. The number of para-hydroxylation sites is 1. The number of pyridine rings is 1. The maximum absolute atomic E-state index is 13.9. The molecule has 0 saturated heterocycles. The van der Waals surface area contributed by atoms with Crippen LogP contribution in [0.4, 0.5) is 11.4 Å². The summed E-state index contributed by atoms with van der Waals surface area (Å²) >= 11 is 0. The van der Waals surface area contributed by atoms with Crippen LogP contribution in [0.25, 0.3) is 33.3 Å². The van der Waals surface area contributed by atoms with Gasteiger partial charge >= 0.3 is 0 Å². The number of nitrogens with zero attached hydrogens (tertiary/aromatic N) is 5.